The largest absolute Gasteiger partial charge is 0.497 e. The van der Waals surface area contributed by atoms with Gasteiger partial charge < -0.3 is 14.6 Å². The molecule has 1 aliphatic carbocycles. The second kappa shape index (κ2) is 8.06. The second-order valence-electron chi connectivity index (χ2n) is 8.58. The summed E-state index contributed by atoms with van der Waals surface area (Å²) in [5, 5.41) is 11.6. The molecular formula is C24H22F3N3O3S. The van der Waals surface area contributed by atoms with Gasteiger partial charge in [-0.25, -0.2) is 15.0 Å². The van der Waals surface area contributed by atoms with Crippen LogP contribution in [0.15, 0.2) is 30.5 Å². The average molecular weight is 490 g/mol. The summed E-state index contributed by atoms with van der Waals surface area (Å²) < 4.78 is 53.1. The van der Waals surface area contributed by atoms with Gasteiger partial charge in [0, 0.05) is 11.1 Å². The van der Waals surface area contributed by atoms with Gasteiger partial charge in [-0.1, -0.05) is 6.42 Å². The summed E-state index contributed by atoms with van der Waals surface area (Å²) in [5.41, 5.74) is 1.14. The van der Waals surface area contributed by atoms with Crippen LogP contribution in [0.2, 0.25) is 0 Å². The van der Waals surface area contributed by atoms with Gasteiger partial charge in [-0.2, -0.15) is 13.2 Å². The predicted octanol–water partition coefficient (Wildman–Crippen LogP) is 6.00. The molecule has 0 radical (unpaired) electrons. The third-order valence-corrected chi connectivity index (χ3v) is 7.61. The van der Waals surface area contributed by atoms with E-state index in [9.17, 15) is 18.3 Å². The van der Waals surface area contributed by atoms with E-state index in [1.807, 2.05) is 19.1 Å². The van der Waals surface area contributed by atoms with E-state index >= 15 is 0 Å². The predicted molar refractivity (Wildman–Crippen MR) is 123 cm³/mol. The first-order valence-corrected chi connectivity index (χ1v) is 11.5. The molecular weight excluding hydrogens is 467 g/mol. The second-order valence-corrected chi connectivity index (χ2v) is 9.62. The summed E-state index contributed by atoms with van der Waals surface area (Å²) in [6.45, 7) is 1.92. The van der Waals surface area contributed by atoms with Crippen LogP contribution >= 0.6 is 11.3 Å². The fraction of sp³-hybridized carbons (Fsp3) is 0.375. The molecule has 178 valence electrons. The molecule has 10 heteroatoms. The number of aryl methyl sites for hydroxylation is 1. The Morgan fingerprint density at radius 3 is 2.44 bits per heavy atom. The molecule has 1 aliphatic rings. The summed E-state index contributed by atoms with van der Waals surface area (Å²) in [6.07, 6.45) is -4.58. The van der Waals surface area contributed by atoms with Crippen LogP contribution in [0.5, 0.6) is 11.6 Å². The zero-order valence-corrected chi connectivity index (χ0v) is 19.5. The smallest absolute Gasteiger partial charge is 0.397 e. The van der Waals surface area contributed by atoms with Gasteiger partial charge in [0.2, 0.25) is 5.88 Å². The minimum absolute atomic E-state index is 0.118. The van der Waals surface area contributed by atoms with Crippen molar-refractivity contribution in [3.05, 3.63) is 41.6 Å². The molecule has 5 rings (SSSR count). The normalized spacial score (nSPS) is 16.4. The van der Waals surface area contributed by atoms with E-state index in [0.29, 0.717) is 49.9 Å². The lowest BCUT2D eigenvalue weighted by Gasteiger charge is -2.46. The third-order valence-electron chi connectivity index (χ3n) is 6.57. The molecule has 4 aromatic rings. The summed E-state index contributed by atoms with van der Waals surface area (Å²) in [7, 11) is 2.95. The topological polar surface area (TPSA) is 77.4 Å². The number of alkyl halides is 3. The van der Waals surface area contributed by atoms with Crippen LogP contribution in [-0.2, 0) is 0 Å². The number of ether oxygens (including phenoxy) is 2. The highest BCUT2D eigenvalue weighted by molar-refractivity contribution is 7.21. The first kappa shape index (κ1) is 22.8. The van der Waals surface area contributed by atoms with Crippen LogP contribution in [-0.4, -0.2) is 40.5 Å². The SMILES string of the molecule is COc1cc(C(O)C2(C(F)(F)F)CCC2)c2nc(-c3cc(C)cc4nc(OC)cnc34)sc2c1. The Morgan fingerprint density at radius 1 is 1.06 bits per heavy atom. The Kier molecular flexibility index (Phi) is 5.40. The molecule has 1 unspecified atom stereocenters. The molecule has 2 aromatic carbocycles. The number of methoxy groups -OCH3 is 2. The zero-order valence-electron chi connectivity index (χ0n) is 18.7. The van der Waals surface area contributed by atoms with Crippen LogP contribution in [0, 0.1) is 12.3 Å². The lowest BCUT2D eigenvalue weighted by Crippen LogP contribution is -2.48. The van der Waals surface area contributed by atoms with Crippen molar-refractivity contribution in [2.24, 2.45) is 5.41 Å². The Morgan fingerprint density at radius 2 is 1.82 bits per heavy atom. The molecule has 0 aliphatic heterocycles. The van der Waals surface area contributed by atoms with Gasteiger partial charge in [-0.05, 0) is 49.6 Å². The Bertz CT molecular complexity index is 1400. The highest BCUT2D eigenvalue weighted by atomic mass is 32.1. The van der Waals surface area contributed by atoms with Crippen molar-refractivity contribution >= 4 is 32.6 Å². The molecule has 2 aromatic heterocycles. The van der Waals surface area contributed by atoms with E-state index < -0.39 is 17.7 Å². The Hall–Kier alpha value is -2.98. The number of hydrogen-bond donors (Lipinski definition) is 1. The maximum absolute atomic E-state index is 14.0. The van der Waals surface area contributed by atoms with Crippen molar-refractivity contribution in [2.45, 2.75) is 38.5 Å². The Balaban J connectivity index is 1.71. The van der Waals surface area contributed by atoms with Gasteiger partial charge in [-0.15, -0.1) is 11.3 Å². The summed E-state index contributed by atoms with van der Waals surface area (Å²) in [5.74, 6) is 0.744. The third kappa shape index (κ3) is 3.47. The van der Waals surface area contributed by atoms with E-state index in [-0.39, 0.29) is 18.4 Å². The number of nitrogens with zero attached hydrogens (tertiary/aromatic N) is 3. The minimum Gasteiger partial charge on any atom is -0.497 e. The molecule has 1 fully saturated rings. The number of aromatic nitrogens is 3. The number of thiazole rings is 1. The average Bonchev–Trinajstić information content (AvgIpc) is 3.19. The molecule has 6 nitrogen and oxygen atoms in total. The molecule has 34 heavy (non-hydrogen) atoms. The fourth-order valence-corrected chi connectivity index (χ4v) is 5.59. The number of halogens is 3. The number of fused-ring (bicyclic) bond motifs is 2. The number of benzene rings is 2. The lowest BCUT2D eigenvalue weighted by atomic mass is 9.63. The Labute approximate surface area is 197 Å². The van der Waals surface area contributed by atoms with Gasteiger partial charge in [-0.3, -0.25) is 0 Å². The molecule has 0 spiro atoms. The van der Waals surface area contributed by atoms with Crippen LogP contribution < -0.4 is 9.47 Å². The summed E-state index contributed by atoms with van der Waals surface area (Å²) in [6, 6.07) is 6.98. The molecule has 0 bridgehead atoms. The molecule has 1 saturated carbocycles. The van der Waals surface area contributed by atoms with Crippen molar-refractivity contribution in [3.8, 4) is 22.2 Å². The van der Waals surface area contributed by atoms with Gasteiger partial charge in [0.1, 0.15) is 10.8 Å². The molecule has 0 saturated heterocycles. The fourth-order valence-electron chi connectivity index (χ4n) is 4.55. The van der Waals surface area contributed by atoms with Crippen molar-refractivity contribution in [3.63, 3.8) is 0 Å². The maximum Gasteiger partial charge on any atom is 0.397 e. The highest BCUT2D eigenvalue weighted by Crippen LogP contribution is 2.60. The quantitative estimate of drug-likeness (QED) is 0.371. The van der Waals surface area contributed by atoms with Gasteiger partial charge in [0.25, 0.3) is 0 Å². The van der Waals surface area contributed by atoms with Crippen LogP contribution in [0.4, 0.5) is 13.2 Å². The molecule has 0 amide bonds. The molecule has 1 atom stereocenters. The minimum atomic E-state index is -4.53. The first-order valence-electron chi connectivity index (χ1n) is 10.7. The monoisotopic (exact) mass is 489 g/mol. The van der Waals surface area contributed by atoms with E-state index in [0.717, 1.165) is 5.56 Å². The number of aliphatic hydroxyl groups excluding tert-OH is 1. The number of hydrogen-bond acceptors (Lipinski definition) is 7. The van der Waals surface area contributed by atoms with E-state index in [1.54, 1.807) is 6.07 Å². The van der Waals surface area contributed by atoms with Gasteiger partial charge >= 0.3 is 6.18 Å². The zero-order chi connectivity index (χ0) is 24.3. The van der Waals surface area contributed by atoms with E-state index in [1.165, 1.54) is 37.8 Å². The van der Waals surface area contributed by atoms with Gasteiger partial charge in [0.05, 0.1) is 53.2 Å². The van der Waals surface area contributed by atoms with E-state index in [4.69, 9.17) is 14.5 Å². The van der Waals surface area contributed by atoms with Gasteiger partial charge in [0.15, 0.2) is 0 Å². The molecule has 2 heterocycles. The van der Waals surface area contributed by atoms with Crippen molar-refractivity contribution in [1.82, 2.24) is 15.0 Å². The highest BCUT2D eigenvalue weighted by Gasteiger charge is 2.63. The van der Waals surface area contributed by atoms with Crippen LogP contribution in [0.25, 0.3) is 31.8 Å². The van der Waals surface area contributed by atoms with Crippen molar-refractivity contribution < 1.29 is 27.8 Å². The summed E-state index contributed by atoms with van der Waals surface area (Å²) >= 11 is 1.31. The van der Waals surface area contributed by atoms with Crippen molar-refractivity contribution in [2.75, 3.05) is 14.2 Å². The van der Waals surface area contributed by atoms with Crippen molar-refractivity contribution in [1.29, 1.82) is 0 Å². The maximum atomic E-state index is 14.0. The van der Waals surface area contributed by atoms with Crippen LogP contribution in [0.1, 0.15) is 36.5 Å². The lowest BCUT2D eigenvalue weighted by molar-refractivity contribution is -0.284. The first-order chi connectivity index (χ1) is 16.2. The number of rotatable bonds is 5. The van der Waals surface area contributed by atoms with E-state index in [2.05, 4.69) is 9.97 Å². The standard InChI is InChI=1S/C24H22F3N3O3S/c1-12-7-15(19-16(8-12)29-18(33-3)11-28-19)22-30-20-14(9-13(32-2)10-17(20)34-22)21(31)23(5-4-6-23)24(25,26)27/h7-11,21,31H,4-6H2,1-3H3. The summed E-state index contributed by atoms with van der Waals surface area (Å²) in [4.78, 5) is 13.6. The number of aliphatic hydroxyl groups is 1. The van der Waals surface area contributed by atoms with Crippen LogP contribution in [0.3, 0.4) is 0 Å². The molecule has 1 N–H and O–H groups in total.